The van der Waals surface area contributed by atoms with Gasteiger partial charge in [-0.2, -0.15) is 4.72 Å². The van der Waals surface area contributed by atoms with E-state index in [4.69, 9.17) is 11.6 Å². The molecule has 0 bridgehead atoms. The number of Topliss-reactive ketones (excluding diaryl/α,β-unsaturated/α-hetero) is 1. The number of alkyl halides is 1. The third-order valence-corrected chi connectivity index (χ3v) is 4.48. The zero-order valence-electron chi connectivity index (χ0n) is 11.2. The Morgan fingerprint density at radius 1 is 1.32 bits per heavy atom. The predicted octanol–water partition coefficient (Wildman–Crippen LogP) is 2.25. The number of sulfonamides is 1. The van der Waals surface area contributed by atoms with Crippen LogP contribution in [0.4, 0.5) is 0 Å². The lowest BCUT2D eigenvalue weighted by Crippen LogP contribution is -2.45. The molecule has 0 aliphatic carbocycles. The Balaban J connectivity index is 3.00. The highest BCUT2D eigenvalue weighted by atomic mass is 35.5. The maximum atomic E-state index is 12.2. The molecule has 1 N–H and O–H groups in total. The minimum absolute atomic E-state index is 0.129. The lowest BCUT2D eigenvalue weighted by molar-refractivity contribution is -0.120. The monoisotopic (exact) mass is 303 g/mol. The molecule has 6 heteroatoms. The summed E-state index contributed by atoms with van der Waals surface area (Å²) >= 11 is 5.89. The largest absolute Gasteiger partial charge is 0.298 e. The van der Waals surface area contributed by atoms with Crippen LogP contribution in [-0.4, -0.2) is 25.6 Å². The van der Waals surface area contributed by atoms with E-state index in [0.717, 1.165) is 5.56 Å². The van der Waals surface area contributed by atoms with Gasteiger partial charge >= 0.3 is 0 Å². The minimum Gasteiger partial charge on any atom is -0.298 e. The molecule has 2 atom stereocenters. The molecule has 0 saturated carbocycles. The average molecular weight is 304 g/mol. The van der Waals surface area contributed by atoms with Crippen molar-refractivity contribution in [3.8, 4) is 0 Å². The molecule has 0 spiro atoms. The van der Waals surface area contributed by atoms with Gasteiger partial charge in [0.1, 0.15) is 0 Å². The first-order valence-corrected chi connectivity index (χ1v) is 7.95. The second-order valence-electron chi connectivity index (χ2n) is 4.41. The van der Waals surface area contributed by atoms with Crippen LogP contribution in [0.5, 0.6) is 0 Å². The summed E-state index contributed by atoms with van der Waals surface area (Å²) in [5, 5.41) is -0.604. The number of halogens is 1. The molecule has 0 heterocycles. The van der Waals surface area contributed by atoms with Crippen LogP contribution in [0, 0.1) is 6.92 Å². The highest BCUT2D eigenvalue weighted by Gasteiger charge is 2.28. The Bertz CT molecular complexity index is 538. The van der Waals surface area contributed by atoms with Crippen molar-refractivity contribution in [2.45, 2.75) is 43.5 Å². The Morgan fingerprint density at radius 3 is 2.26 bits per heavy atom. The van der Waals surface area contributed by atoms with Crippen LogP contribution in [-0.2, 0) is 14.8 Å². The van der Waals surface area contributed by atoms with Gasteiger partial charge in [0, 0.05) is 6.42 Å². The Hall–Kier alpha value is -0.910. The maximum Gasteiger partial charge on any atom is 0.241 e. The Morgan fingerprint density at radius 2 is 1.84 bits per heavy atom. The summed E-state index contributed by atoms with van der Waals surface area (Å²) in [5.41, 5.74) is 0.964. The van der Waals surface area contributed by atoms with Gasteiger partial charge in [-0.25, -0.2) is 8.42 Å². The lowest BCUT2D eigenvalue weighted by Gasteiger charge is -2.19. The number of ketones is 1. The second kappa shape index (κ2) is 6.50. The fourth-order valence-electron chi connectivity index (χ4n) is 1.59. The molecular formula is C13H18ClNO3S. The molecule has 0 saturated heterocycles. The first-order valence-electron chi connectivity index (χ1n) is 6.03. The normalized spacial score (nSPS) is 14.9. The van der Waals surface area contributed by atoms with Gasteiger partial charge in [0.25, 0.3) is 0 Å². The summed E-state index contributed by atoms with van der Waals surface area (Å²) in [5.74, 6) is -0.224. The molecule has 0 aromatic heterocycles. The molecule has 0 radical (unpaired) electrons. The number of benzene rings is 1. The second-order valence-corrected chi connectivity index (χ2v) is 6.81. The van der Waals surface area contributed by atoms with Gasteiger partial charge in [-0.05, 0) is 26.0 Å². The Kier molecular flexibility index (Phi) is 5.52. The zero-order valence-corrected chi connectivity index (χ0v) is 12.8. The van der Waals surface area contributed by atoms with Gasteiger partial charge in [-0.1, -0.05) is 24.6 Å². The van der Waals surface area contributed by atoms with Crippen LogP contribution < -0.4 is 4.72 Å². The topological polar surface area (TPSA) is 63.2 Å². The number of carbonyl (C=O) groups excluding carboxylic acids is 1. The number of carbonyl (C=O) groups is 1. The molecule has 1 rings (SSSR count). The van der Waals surface area contributed by atoms with Crippen molar-refractivity contribution in [2.24, 2.45) is 0 Å². The number of aryl methyl sites for hydroxylation is 1. The summed E-state index contributed by atoms with van der Waals surface area (Å²) in [4.78, 5) is 11.8. The van der Waals surface area contributed by atoms with E-state index < -0.39 is 21.4 Å². The molecule has 0 fully saturated rings. The lowest BCUT2D eigenvalue weighted by atomic mass is 10.1. The van der Waals surface area contributed by atoms with Crippen LogP contribution in [0.3, 0.4) is 0 Å². The van der Waals surface area contributed by atoms with Crippen molar-refractivity contribution in [3.63, 3.8) is 0 Å². The standard InChI is InChI=1S/C13H18ClNO3S/c1-4-12(16)13(10(3)14)15-19(17,18)11-7-5-9(2)6-8-11/h5-8,10,13,15H,4H2,1-3H3/t10-,13+/m1/s1. The summed E-state index contributed by atoms with van der Waals surface area (Å²) in [6.07, 6.45) is 0.234. The van der Waals surface area contributed by atoms with Crippen LogP contribution in [0.1, 0.15) is 25.8 Å². The smallest absolute Gasteiger partial charge is 0.241 e. The van der Waals surface area contributed by atoms with Gasteiger partial charge in [-0.3, -0.25) is 4.79 Å². The van der Waals surface area contributed by atoms with Crippen LogP contribution >= 0.6 is 11.6 Å². The molecule has 106 valence electrons. The van der Waals surface area contributed by atoms with Gasteiger partial charge in [0.2, 0.25) is 10.0 Å². The third-order valence-electron chi connectivity index (χ3n) is 2.77. The molecule has 0 aliphatic heterocycles. The maximum absolute atomic E-state index is 12.2. The number of rotatable bonds is 6. The summed E-state index contributed by atoms with van der Waals surface area (Å²) in [6.45, 7) is 5.14. The fraction of sp³-hybridized carbons (Fsp3) is 0.462. The van der Waals surface area contributed by atoms with Gasteiger partial charge in [0.05, 0.1) is 16.3 Å². The van der Waals surface area contributed by atoms with Crippen molar-refractivity contribution in [1.82, 2.24) is 4.72 Å². The summed E-state index contributed by atoms with van der Waals surface area (Å²) in [7, 11) is -3.73. The SMILES string of the molecule is CCC(=O)[C@@H](NS(=O)(=O)c1ccc(C)cc1)[C@@H](C)Cl. The van der Waals surface area contributed by atoms with E-state index in [1.54, 1.807) is 26.0 Å². The van der Waals surface area contributed by atoms with Crippen molar-refractivity contribution in [3.05, 3.63) is 29.8 Å². The van der Waals surface area contributed by atoms with Crippen molar-refractivity contribution < 1.29 is 13.2 Å². The van der Waals surface area contributed by atoms with E-state index in [0.29, 0.717) is 0 Å². The zero-order chi connectivity index (χ0) is 14.6. The molecule has 19 heavy (non-hydrogen) atoms. The first kappa shape index (κ1) is 16.1. The van der Waals surface area contributed by atoms with E-state index in [-0.39, 0.29) is 17.1 Å². The number of nitrogens with one attached hydrogen (secondary N) is 1. The molecule has 1 aromatic rings. The van der Waals surface area contributed by atoms with Gasteiger partial charge in [-0.15, -0.1) is 11.6 Å². The van der Waals surface area contributed by atoms with Gasteiger partial charge < -0.3 is 0 Å². The van der Waals surface area contributed by atoms with Crippen LogP contribution in [0.15, 0.2) is 29.2 Å². The third kappa shape index (κ3) is 4.30. The fourth-order valence-corrected chi connectivity index (χ4v) is 3.17. The highest BCUT2D eigenvalue weighted by Crippen LogP contribution is 2.13. The van der Waals surface area contributed by atoms with E-state index in [1.165, 1.54) is 12.1 Å². The van der Waals surface area contributed by atoms with E-state index in [1.807, 2.05) is 6.92 Å². The average Bonchev–Trinajstić information content (AvgIpc) is 2.35. The van der Waals surface area contributed by atoms with E-state index in [9.17, 15) is 13.2 Å². The molecular weight excluding hydrogens is 286 g/mol. The van der Waals surface area contributed by atoms with Crippen LogP contribution in [0.25, 0.3) is 0 Å². The molecule has 0 unspecified atom stereocenters. The summed E-state index contributed by atoms with van der Waals surface area (Å²) < 4.78 is 26.7. The molecule has 0 aliphatic rings. The number of hydrogen-bond acceptors (Lipinski definition) is 3. The van der Waals surface area contributed by atoms with Crippen molar-refractivity contribution >= 4 is 27.4 Å². The van der Waals surface area contributed by atoms with Crippen LogP contribution in [0.2, 0.25) is 0 Å². The quantitative estimate of drug-likeness (QED) is 0.820. The summed E-state index contributed by atoms with van der Waals surface area (Å²) in [6, 6.07) is 5.51. The van der Waals surface area contributed by atoms with Crippen molar-refractivity contribution in [2.75, 3.05) is 0 Å². The Labute approximate surface area is 119 Å². The number of hydrogen-bond donors (Lipinski definition) is 1. The van der Waals surface area contributed by atoms with E-state index >= 15 is 0 Å². The molecule has 1 aromatic carbocycles. The molecule has 4 nitrogen and oxygen atoms in total. The van der Waals surface area contributed by atoms with E-state index in [2.05, 4.69) is 4.72 Å². The van der Waals surface area contributed by atoms with Crippen molar-refractivity contribution in [1.29, 1.82) is 0 Å². The van der Waals surface area contributed by atoms with Gasteiger partial charge in [0.15, 0.2) is 5.78 Å². The molecule has 0 amide bonds. The minimum atomic E-state index is -3.73. The first-order chi connectivity index (χ1) is 8.77. The highest BCUT2D eigenvalue weighted by molar-refractivity contribution is 7.89. The predicted molar refractivity (Wildman–Crippen MR) is 75.9 cm³/mol.